The summed E-state index contributed by atoms with van der Waals surface area (Å²) in [4.78, 5) is 25.0. The summed E-state index contributed by atoms with van der Waals surface area (Å²) in [5.41, 5.74) is 8.51. The molecule has 0 spiro atoms. The lowest BCUT2D eigenvalue weighted by molar-refractivity contribution is -0.455. The van der Waals surface area contributed by atoms with E-state index in [0.29, 0.717) is 18.7 Å². The van der Waals surface area contributed by atoms with Crippen molar-refractivity contribution >= 4 is 39.1 Å². The SMILES string of the molecule is CC(C(=O)O)c1ccc(CN2C(=CC=CC=CC3=[N+](Cc4ccc(C(C)C(=O)O)cc4)c4ccccc4C3(C)C)C(C)(C)c3cc(S(=O)(=O)O)ccc32)cc1. The average Bonchev–Trinajstić information content (AvgIpc) is 3.48. The number of rotatable bonds is 12. The Morgan fingerprint density at radius 2 is 1.33 bits per heavy atom. The van der Waals surface area contributed by atoms with Crippen molar-refractivity contribution in [3.05, 3.63) is 160 Å². The van der Waals surface area contributed by atoms with E-state index in [-0.39, 0.29) is 10.3 Å². The van der Waals surface area contributed by atoms with Crippen LogP contribution in [0.3, 0.4) is 0 Å². The minimum absolute atomic E-state index is 0.168. The molecule has 284 valence electrons. The first-order valence-electron chi connectivity index (χ1n) is 18.2. The van der Waals surface area contributed by atoms with Crippen molar-refractivity contribution < 1.29 is 37.3 Å². The van der Waals surface area contributed by atoms with Crippen LogP contribution in [0.25, 0.3) is 0 Å². The predicted octanol–water partition coefficient (Wildman–Crippen LogP) is 8.88. The molecule has 2 heterocycles. The van der Waals surface area contributed by atoms with E-state index in [9.17, 15) is 32.8 Å². The smallest absolute Gasteiger partial charge is 0.310 e. The van der Waals surface area contributed by atoms with Gasteiger partial charge in [0.05, 0.1) is 22.1 Å². The minimum atomic E-state index is -4.42. The van der Waals surface area contributed by atoms with E-state index < -0.39 is 39.3 Å². The maximum absolute atomic E-state index is 12.1. The fraction of sp³-hybridized carbons (Fsp3) is 0.267. The second-order valence-electron chi connectivity index (χ2n) is 15.4. The van der Waals surface area contributed by atoms with Gasteiger partial charge in [-0.25, -0.2) is 0 Å². The monoisotopic (exact) mass is 759 g/mol. The lowest BCUT2D eigenvalue weighted by Gasteiger charge is -2.27. The zero-order valence-electron chi connectivity index (χ0n) is 31.9. The van der Waals surface area contributed by atoms with Crippen LogP contribution in [-0.2, 0) is 43.6 Å². The van der Waals surface area contributed by atoms with Gasteiger partial charge in [0, 0.05) is 46.6 Å². The quantitative estimate of drug-likeness (QED) is 0.0741. The van der Waals surface area contributed by atoms with Crippen LogP contribution in [0.2, 0.25) is 0 Å². The molecule has 9 nitrogen and oxygen atoms in total. The van der Waals surface area contributed by atoms with E-state index in [1.165, 1.54) is 17.7 Å². The minimum Gasteiger partial charge on any atom is -0.481 e. The molecular weight excluding hydrogens is 713 g/mol. The number of allylic oxidation sites excluding steroid dienone is 6. The third-order valence-electron chi connectivity index (χ3n) is 11.1. The molecule has 55 heavy (non-hydrogen) atoms. The van der Waals surface area contributed by atoms with Gasteiger partial charge in [-0.05, 0) is 74.2 Å². The molecule has 0 saturated heterocycles. The molecule has 6 rings (SSSR count). The standard InChI is InChI=1S/C45H46N2O7S/c1-29(42(48)49)33-20-16-31(17-21-33)27-46-38-13-11-10-12-36(38)44(3,4)40(46)14-8-7-9-15-41-45(5,6)37-26-35(55(52,53)54)24-25-39(37)47(41)28-32-18-22-34(23-19-32)30(2)43(50)51/h7-26,29-30H,27-28H2,1-6H3,(H2-,48,49,50,51,52,53,54)/p+1. The van der Waals surface area contributed by atoms with Crippen molar-refractivity contribution in [1.82, 2.24) is 0 Å². The zero-order valence-corrected chi connectivity index (χ0v) is 32.7. The van der Waals surface area contributed by atoms with Gasteiger partial charge >= 0.3 is 11.9 Å². The number of carboxylic acids is 2. The van der Waals surface area contributed by atoms with Crippen molar-refractivity contribution in [3.8, 4) is 0 Å². The Bertz CT molecular complexity index is 2390. The Labute approximate surface area is 323 Å². The average molecular weight is 760 g/mol. The Balaban J connectivity index is 1.33. The van der Waals surface area contributed by atoms with Gasteiger partial charge in [-0.15, -0.1) is 0 Å². The summed E-state index contributed by atoms with van der Waals surface area (Å²) in [6, 6.07) is 28.3. The summed E-state index contributed by atoms with van der Waals surface area (Å²) in [6.07, 6.45) is 10.1. The highest BCUT2D eigenvalue weighted by Gasteiger charge is 2.44. The lowest BCUT2D eigenvalue weighted by atomic mass is 9.81. The van der Waals surface area contributed by atoms with Gasteiger partial charge in [-0.1, -0.05) is 98.8 Å². The van der Waals surface area contributed by atoms with Gasteiger partial charge in [0.25, 0.3) is 10.1 Å². The molecule has 0 saturated carbocycles. The second-order valence-corrected chi connectivity index (χ2v) is 16.8. The highest BCUT2D eigenvalue weighted by Crippen LogP contribution is 2.49. The molecule has 4 aromatic rings. The topological polar surface area (TPSA) is 135 Å². The van der Waals surface area contributed by atoms with Crippen molar-refractivity contribution in [3.63, 3.8) is 0 Å². The molecule has 10 heteroatoms. The number of aliphatic carboxylic acids is 2. The first-order chi connectivity index (χ1) is 25.9. The largest absolute Gasteiger partial charge is 0.481 e. The Morgan fingerprint density at radius 1 is 0.745 bits per heavy atom. The van der Waals surface area contributed by atoms with Crippen LogP contribution >= 0.6 is 0 Å². The van der Waals surface area contributed by atoms with Gasteiger partial charge in [-0.2, -0.15) is 13.0 Å². The number of carbonyl (C=O) groups is 2. The Kier molecular flexibility index (Phi) is 10.6. The molecule has 3 N–H and O–H groups in total. The number of fused-ring (bicyclic) bond motifs is 2. The Hall–Kier alpha value is -5.58. The van der Waals surface area contributed by atoms with Crippen LogP contribution in [0, 0.1) is 0 Å². The maximum Gasteiger partial charge on any atom is 0.310 e. The predicted molar refractivity (Wildman–Crippen MR) is 215 cm³/mol. The molecule has 2 atom stereocenters. The fourth-order valence-electron chi connectivity index (χ4n) is 7.63. The molecule has 0 amide bonds. The molecule has 0 aromatic heterocycles. The number of para-hydroxylation sites is 1. The number of hydrogen-bond donors (Lipinski definition) is 3. The van der Waals surface area contributed by atoms with Gasteiger partial charge in [0.1, 0.15) is 0 Å². The molecule has 0 radical (unpaired) electrons. The van der Waals surface area contributed by atoms with Crippen LogP contribution in [0.4, 0.5) is 11.4 Å². The van der Waals surface area contributed by atoms with Crippen LogP contribution in [-0.4, -0.2) is 45.4 Å². The highest BCUT2D eigenvalue weighted by molar-refractivity contribution is 7.85. The fourth-order valence-corrected chi connectivity index (χ4v) is 8.13. The zero-order chi connectivity index (χ0) is 39.9. The summed E-state index contributed by atoms with van der Waals surface area (Å²) in [5.74, 6) is -2.97. The summed E-state index contributed by atoms with van der Waals surface area (Å²) in [7, 11) is -4.42. The summed E-state index contributed by atoms with van der Waals surface area (Å²) < 4.78 is 36.4. The van der Waals surface area contributed by atoms with Gasteiger partial charge in [0.15, 0.2) is 12.3 Å². The first-order valence-corrected chi connectivity index (χ1v) is 19.7. The van der Waals surface area contributed by atoms with Gasteiger partial charge in [-0.3, -0.25) is 14.1 Å². The summed E-state index contributed by atoms with van der Waals surface area (Å²) in [5, 5.41) is 18.9. The molecular formula is C45H47N2O7S+. The van der Waals surface area contributed by atoms with Gasteiger partial charge < -0.3 is 15.1 Å². The molecule has 2 aliphatic rings. The number of benzene rings is 4. The van der Waals surface area contributed by atoms with Crippen molar-refractivity contribution in [1.29, 1.82) is 0 Å². The summed E-state index contributed by atoms with van der Waals surface area (Å²) >= 11 is 0. The number of anilines is 1. The third kappa shape index (κ3) is 7.70. The normalized spacial score (nSPS) is 17.9. The van der Waals surface area contributed by atoms with Gasteiger partial charge in [0.2, 0.25) is 5.69 Å². The molecule has 0 fully saturated rings. The van der Waals surface area contributed by atoms with E-state index in [0.717, 1.165) is 45.0 Å². The van der Waals surface area contributed by atoms with Crippen molar-refractivity contribution in [2.24, 2.45) is 0 Å². The first kappa shape index (κ1) is 39.1. The van der Waals surface area contributed by atoms with E-state index in [4.69, 9.17) is 0 Å². The third-order valence-corrected chi connectivity index (χ3v) is 11.9. The highest BCUT2D eigenvalue weighted by atomic mass is 32.2. The maximum atomic E-state index is 12.1. The summed E-state index contributed by atoms with van der Waals surface area (Å²) in [6.45, 7) is 12.9. The van der Waals surface area contributed by atoms with E-state index in [2.05, 4.69) is 47.6 Å². The molecule has 0 bridgehead atoms. The van der Waals surface area contributed by atoms with E-state index in [1.54, 1.807) is 19.9 Å². The number of hydrogen-bond acceptors (Lipinski definition) is 5. The van der Waals surface area contributed by atoms with E-state index in [1.807, 2.05) is 92.7 Å². The van der Waals surface area contributed by atoms with Crippen LogP contribution in [0.5, 0.6) is 0 Å². The Morgan fingerprint density at radius 3 is 1.91 bits per heavy atom. The van der Waals surface area contributed by atoms with Crippen LogP contribution in [0.1, 0.15) is 86.8 Å². The molecule has 4 aromatic carbocycles. The molecule has 2 unspecified atom stereocenters. The second kappa shape index (κ2) is 14.9. The lowest BCUT2D eigenvalue weighted by Crippen LogP contribution is -2.27. The van der Waals surface area contributed by atoms with Crippen LogP contribution in [0.15, 0.2) is 132 Å². The number of nitrogens with zero attached hydrogens (tertiary/aromatic N) is 2. The van der Waals surface area contributed by atoms with Crippen LogP contribution < -0.4 is 4.90 Å². The molecule has 0 aliphatic carbocycles. The van der Waals surface area contributed by atoms with E-state index >= 15 is 0 Å². The number of carboxylic acid groups (broad SMARTS) is 2. The van der Waals surface area contributed by atoms with Crippen molar-refractivity contribution in [2.75, 3.05) is 4.90 Å². The van der Waals surface area contributed by atoms with Crippen molar-refractivity contribution in [2.45, 2.75) is 82.2 Å². The molecule has 2 aliphatic heterocycles.